The summed E-state index contributed by atoms with van der Waals surface area (Å²) in [6, 6.07) is 2.91. The standard InChI is InChI=1S/C13H15F3N2O3/c14-13(15,16)11-7-9(4-5-12(11)18(19)20)17-8-10-3-1-2-6-21-10/h4-5,7,10,17H,1-3,6,8H2. The maximum Gasteiger partial charge on any atom is 0.423 e. The SMILES string of the molecule is O=[N+]([O-])c1ccc(NCC2CCCCO2)cc1C(F)(F)F. The molecule has 5 nitrogen and oxygen atoms in total. The highest BCUT2D eigenvalue weighted by Crippen LogP contribution is 2.37. The van der Waals surface area contributed by atoms with Crippen LogP contribution in [0.2, 0.25) is 0 Å². The number of nitrogens with zero attached hydrogens (tertiary/aromatic N) is 1. The first-order chi connectivity index (χ1) is 9.88. The van der Waals surface area contributed by atoms with Crippen molar-refractivity contribution in [1.82, 2.24) is 0 Å². The Morgan fingerprint density at radius 3 is 2.71 bits per heavy atom. The first-order valence-corrected chi connectivity index (χ1v) is 6.59. The molecule has 1 aliphatic heterocycles. The Kier molecular flexibility index (Phi) is 4.66. The van der Waals surface area contributed by atoms with Gasteiger partial charge in [-0.25, -0.2) is 0 Å². The van der Waals surface area contributed by atoms with Crippen molar-refractivity contribution in [2.24, 2.45) is 0 Å². The Bertz CT molecular complexity index is 514. The fraction of sp³-hybridized carbons (Fsp3) is 0.538. The molecule has 1 atom stereocenters. The zero-order valence-corrected chi connectivity index (χ0v) is 11.2. The molecule has 2 rings (SSSR count). The van der Waals surface area contributed by atoms with Gasteiger partial charge in [0.2, 0.25) is 0 Å². The van der Waals surface area contributed by atoms with Gasteiger partial charge in [-0.2, -0.15) is 13.2 Å². The number of nitrogens with one attached hydrogen (secondary N) is 1. The summed E-state index contributed by atoms with van der Waals surface area (Å²) in [5.41, 5.74) is -1.99. The second-order valence-electron chi connectivity index (χ2n) is 4.86. The van der Waals surface area contributed by atoms with Gasteiger partial charge in [-0.15, -0.1) is 0 Å². The van der Waals surface area contributed by atoms with Crippen LogP contribution in [0.1, 0.15) is 24.8 Å². The second-order valence-corrected chi connectivity index (χ2v) is 4.86. The molecule has 1 N–H and O–H groups in total. The fourth-order valence-electron chi connectivity index (χ4n) is 2.23. The van der Waals surface area contributed by atoms with Crippen molar-refractivity contribution < 1.29 is 22.8 Å². The summed E-state index contributed by atoms with van der Waals surface area (Å²) in [4.78, 5) is 9.62. The number of hydrogen-bond donors (Lipinski definition) is 1. The minimum Gasteiger partial charge on any atom is -0.382 e. The van der Waals surface area contributed by atoms with E-state index in [-0.39, 0.29) is 11.8 Å². The molecule has 1 heterocycles. The van der Waals surface area contributed by atoms with E-state index in [4.69, 9.17) is 4.74 Å². The van der Waals surface area contributed by atoms with Crippen molar-refractivity contribution >= 4 is 11.4 Å². The van der Waals surface area contributed by atoms with Crippen LogP contribution < -0.4 is 5.32 Å². The van der Waals surface area contributed by atoms with Gasteiger partial charge in [0.15, 0.2) is 0 Å². The monoisotopic (exact) mass is 304 g/mol. The number of alkyl halides is 3. The third-order valence-corrected chi connectivity index (χ3v) is 3.31. The molecule has 0 spiro atoms. The first kappa shape index (κ1) is 15.6. The number of anilines is 1. The van der Waals surface area contributed by atoms with Gasteiger partial charge in [-0.3, -0.25) is 10.1 Å². The summed E-state index contributed by atoms with van der Waals surface area (Å²) in [7, 11) is 0. The maximum absolute atomic E-state index is 12.8. The molecule has 0 aliphatic carbocycles. The van der Waals surface area contributed by atoms with Crippen molar-refractivity contribution in [1.29, 1.82) is 0 Å². The van der Waals surface area contributed by atoms with E-state index in [2.05, 4.69) is 5.32 Å². The lowest BCUT2D eigenvalue weighted by Gasteiger charge is -2.23. The van der Waals surface area contributed by atoms with Gasteiger partial charge in [0, 0.05) is 24.9 Å². The van der Waals surface area contributed by atoms with Gasteiger partial charge in [-0.1, -0.05) is 0 Å². The quantitative estimate of drug-likeness (QED) is 0.682. The molecule has 0 bridgehead atoms. The minimum absolute atomic E-state index is 0.0386. The van der Waals surface area contributed by atoms with Crippen LogP contribution in [0.4, 0.5) is 24.5 Å². The van der Waals surface area contributed by atoms with Crippen molar-refractivity contribution in [2.75, 3.05) is 18.5 Å². The normalized spacial score (nSPS) is 19.3. The molecule has 21 heavy (non-hydrogen) atoms. The highest BCUT2D eigenvalue weighted by atomic mass is 19.4. The highest BCUT2D eigenvalue weighted by molar-refractivity contribution is 5.55. The van der Waals surface area contributed by atoms with Crippen LogP contribution >= 0.6 is 0 Å². The lowest BCUT2D eigenvalue weighted by atomic mass is 10.1. The van der Waals surface area contributed by atoms with Gasteiger partial charge in [0.1, 0.15) is 5.56 Å². The molecule has 0 saturated carbocycles. The highest BCUT2D eigenvalue weighted by Gasteiger charge is 2.38. The fourth-order valence-corrected chi connectivity index (χ4v) is 2.23. The third-order valence-electron chi connectivity index (χ3n) is 3.31. The van der Waals surface area contributed by atoms with E-state index in [1.165, 1.54) is 6.07 Å². The Morgan fingerprint density at radius 2 is 2.14 bits per heavy atom. The number of nitro benzene ring substituents is 1. The van der Waals surface area contributed by atoms with E-state index in [1.807, 2.05) is 0 Å². The predicted molar refractivity (Wildman–Crippen MR) is 70.2 cm³/mol. The van der Waals surface area contributed by atoms with E-state index in [0.717, 1.165) is 31.4 Å². The van der Waals surface area contributed by atoms with E-state index in [1.54, 1.807) is 0 Å². The van der Waals surface area contributed by atoms with Crippen LogP contribution in [-0.4, -0.2) is 24.2 Å². The van der Waals surface area contributed by atoms with E-state index >= 15 is 0 Å². The summed E-state index contributed by atoms with van der Waals surface area (Å²) in [6.45, 7) is 1.04. The molecule has 0 radical (unpaired) electrons. The van der Waals surface area contributed by atoms with Gasteiger partial charge in [0.05, 0.1) is 11.0 Å². The van der Waals surface area contributed by atoms with Gasteiger partial charge in [-0.05, 0) is 31.4 Å². The number of ether oxygens (including phenoxy) is 1. The molecular formula is C13H15F3N2O3. The van der Waals surface area contributed by atoms with Gasteiger partial charge in [0.25, 0.3) is 5.69 Å². The Balaban J connectivity index is 2.11. The van der Waals surface area contributed by atoms with E-state index in [9.17, 15) is 23.3 Å². The zero-order valence-electron chi connectivity index (χ0n) is 11.2. The van der Waals surface area contributed by atoms with Crippen LogP contribution in [0.15, 0.2) is 18.2 Å². The van der Waals surface area contributed by atoms with Crippen molar-refractivity contribution in [3.63, 3.8) is 0 Å². The Morgan fingerprint density at radius 1 is 1.38 bits per heavy atom. The van der Waals surface area contributed by atoms with Crippen LogP contribution in [-0.2, 0) is 10.9 Å². The molecular weight excluding hydrogens is 289 g/mol. The number of rotatable bonds is 4. The Hall–Kier alpha value is -1.83. The van der Waals surface area contributed by atoms with Crippen molar-refractivity contribution in [3.8, 4) is 0 Å². The third kappa shape index (κ3) is 4.07. The molecule has 116 valence electrons. The number of halogens is 3. The van der Waals surface area contributed by atoms with Crippen molar-refractivity contribution in [3.05, 3.63) is 33.9 Å². The molecule has 1 aliphatic rings. The molecule has 1 saturated heterocycles. The van der Waals surface area contributed by atoms with Crippen LogP contribution in [0, 0.1) is 10.1 Å². The summed E-state index contributed by atoms with van der Waals surface area (Å²) < 4.78 is 43.9. The minimum atomic E-state index is -4.76. The summed E-state index contributed by atoms with van der Waals surface area (Å²) in [5, 5.41) is 13.5. The predicted octanol–water partition coefficient (Wildman–Crippen LogP) is 3.59. The zero-order chi connectivity index (χ0) is 15.5. The van der Waals surface area contributed by atoms with Gasteiger partial charge >= 0.3 is 6.18 Å². The summed E-state index contributed by atoms with van der Waals surface area (Å²) >= 11 is 0. The number of benzene rings is 1. The molecule has 0 amide bonds. The molecule has 0 aromatic heterocycles. The molecule has 1 aromatic rings. The summed E-state index contributed by atoms with van der Waals surface area (Å²) in [5.74, 6) is 0. The van der Waals surface area contributed by atoms with Crippen LogP contribution in [0.25, 0.3) is 0 Å². The maximum atomic E-state index is 12.8. The number of hydrogen-bond acceptors (Lipinski definition) is 4. The number of nitro groups is 1. The molecule has 1 unspecified atom stereocenters. The smallest absolute Gasteiger partial charge is 0.382 e. The van der Waals surface area contributed by atoms with Gasteiger partial charge < -0.3 is 10.1 Å². The molecule has 1 fully saturated rings. The largest absolute Gasteiger partial charge is 0.423 e. The van der Waals surface area contributed by atoms with Crippen molar-refractivity contribution in [2.45, 2.75) is 31.5 Å². The lowest BCUT2D eigenvalue weighted by Crippen LogP contribution is -2.27. The average molecular weight is 304 g/mol. The second kappa shape index (κ2) is 6.30. The summed E-state index contributed by atoms with van der Waals surface area (Å²) in [6.07, 6.45) is -1.93. The van der Waals surface area contributed by atoms with Crippen LogP contribution in [0.3, 0.4) is 0 Å². The molecule has 8 heteroatoms. The topological polar surface area (TPSA) is 64.4 Å². The van der Waals surface area contributed by atoms with E-state index < -0.39 is 22.4 Å². The molecule has 1 aromatic carbocycles. The van der Waals surface area contributed by atoms with E-state index in [0.29, 0.717) is 13.2 Å². The average Bonchev–Trinajstić information content (AvgIpc) is 2.45. The Labute approximate surface area is 119 Å². The van der Waals surface area contributed by atoms with Crippen LogP contribution in [0.5, 0.6) is 0 Å². The first-order valence-electron chi connectivity index (χ1n) is 6.59. The lowest BCUT2D eigenvalue weighted by molar-refractivity contribution is -0.388.